The van der Waals surface area contributed by atoms with Crippen molar-refractivity contribution in [2.45, 2.75) is 74.6 Å². The predicted octanol–water partition coefficient (Wildman–Crippen LogP) is 14.9. The van der Waals surface area contributed by atoms with Gasteiger partial charge in [0.05, 0.1) is 23.3 Å². The van der Waals surface area contributed by atoms with Crippen LogP contribution in [0.2, 0.25) is 0 Å². The summed E-state index contributed by atoms with van der Waals surface area (Å²) in [6, 6.07) is 75.9. The zero-order valence-electron chi connectivity index (χ0n) is 50.7. The van der Waals surface area contributed by atoms with Gasteiger partial charge in [0, 0.05) is 49.7 Å². The highest BCUT2D eigenvalue weighted by Crippen LogP contribution is 2.42. The topological polar surface area (TPSA) is 141 Å². The van der Waals surface area contributed by atoms with E-state index in [1.54, 1.807) is 48.5 Å². The molecule has 3 aliphatic heterocycles. The lowest BCUT2D eigenvalue weighted by atomic mass is 9.83. The molecule has 0 aromatic heterocycles. The molecule has 9 aromatic rings. The van der Waals surface area contributed by atoms with Crippen molar-refractivity contribution in [1.82, 2.24) is 16.0 Å². The largest absolute Gasteiger partial charge is 0.494 e. The van der Waals surface area contributed by atoms with Crippen molar-refractivity contribution in [3.8, 4) is 28.0 Å². The molecule has 0 bridgehead atoms. The Morgan fingerprint density at radius 2 is 0.867 bits per heavy atom. The van der Waals surface area contributed by atoms with E-state index in [4.69, 9.17) is 18.9 Å². The standard InChI is InChI=1S/C79H75N3O8/c83-73(60-34-32-59(33-35-60)63-23-15-28-67(55-63)78(42-48-81-49-43-78)88-74(84)61-36-38-69(39-37-61)87-52-13-12-19-57-17-4-1-5-18-57)70-30-10-11-31-71(70)75(85)89-79(44-50-82-51-45-79)68-29-16-24-64(56-68)62-22-14-25-65(54-62)72(53-58-20-6-2-7-21-58)76(86)90-77(40-46-80-47-41-77)66-26-8-3-9-27-66/h1-11,14-18,20-39,53-56,80-82H,12-13,19,40-52H2/b72-53+. The van der Waals surface area contributed by atoms with Crippen molar-refractivity contribution in [3.63, 3.8) is 0 Å². The third-order valence-corrected chi connectivity index (χ3v) is 17.9. The molecule has 90 heavy (non-hydrogen) atoms. The summed E-state index contributed by atoms with van der Waals surface area (Å²) in [5.41, 5.74) is 8.27. The number of hydrogen-bond donors (Lipinski definition) is 3. The molecule has 0 saturated carbocycles. The molecule has 454 valence electrons. The number of benzene rings is 9. The lowest BCUT2D eigenvalue weighted by Gasteiger charge is -2.38. The Hall–Kier alpha value is -9.52. The molecular formula is C79H75N3O8. The van der Waals surface area contributed by atoms with Crippen LogP contribution in [0.4, 0.5) is 0 Å². The normalized spacial score (nSPS) is 16.0. The van der Waals surface area contributed by atoms with Crippen LogP contribution in [-0.2, 0) is 42.2 Å². The Kier molecular flexibility index (Phi) is 19.1. The number of carbonyl (C=O) groups is 4. The summed E-state index contributed by atoms with van der Waals surface area (Å²) in [6.45, 7) is 4.66. The molecule has 3 N–H and O–H groups in total. The number of ether oxygens (including phenoxy) is 4. The lowest BCUT2D eigenvalue weighted by molar-refractivity contribution is -0.156. The number of esters is 3. The van der Waals surface area contributed by atoms with E-state index in [1.807, 2.05) is 158 Å². The fourth-order valence-corrected chi connectivity index (χ4v) is 12.9. The number of carbonyl (C=O) groups excluding carboxylic acids is 4. The summed E-state index contributed by atoms with van der Waals surface area (Å²) >= 11 is 0. The number of nitrogens with one attached hydrogen (secondary N) is 3. The Labute approximate surface area is 527 Å². The average molecular weight is 1190 g/mol. The van der Waals surface area contributed by atoms with Gasteiger partial charge in [-0.25, -0.2) is 14.4 Å². The molecule has 0 radical (unpaired) electrons. The van der Waals surface area contributed by atoms with Gasteiger partial charge in [0.25, 0.3) is 0 Å². The minimum absolute atomic E-state index is 0.181. The van der Waals surface area contributed by atoms with Gasteiger partial charge in [-0.05, 0) is 169 Å². The van der Waals surface area contributed by atoms with E-state index in [0.29, 0.717) is 99.3 Å². The SMILES string of the molecule is O=C(OC1(c2ccccc2)CCNCC1)/C(=C/c1ccccc1)c1cccc(-c2cccc(C3(OC(=O)c4ccccc4C(=O)c4ccc(-c5cccc(C6(OC(=O)c7ccc(OCCCCc8ccccc8)cc7)CCNCC6)c5)cc4)CCNCC3)c2)c1. The monoisotopic (exact) mass is 1190 g/mol. The number of unbranched alkanes of at least 4 members (excludes halogenated alkanes) is 1. The van der Waals surface area contributed by atoms with Gasteiger partial charge in [-0.2, -0.15) is 0 Å². The molecule has 11 nitrogen and oxygen atoms in total. The Balaban J connectivity index is 0.740. The highest BCUT2D eigenvalue weighted by atomic mass is 16.6. The first-order valence-electron chi connectivity index (χ1n) is 31.6. The van der Waals surface area contributed by atoms with E-state index >= 15 is 0 Å². The van der Waals surface area contributed by atoms with Crippen LogP contribution in [-0.4, -0.2) is 69.6 Å². The molecule has 11 heteroatoms. The molecule has 0 aliphatic carbocycles. The van der Waals surface area contributed by atoms with E-state index < -0.39 is 34.7 Å². The van der Waals surface area contributed by atoms with E-state index in [9.17, 15) is 19.2 Å². The van der Waals surface area contributed by atoms with Gasteiger partial charge in [-0.1, -0.05) is 188 Å². The minimum atomic E-state index is -1.01. The van der Waals surface area contributed by atoms with Crippen LogP contribution in [0.25, 0.3) is 33.9 Å². The van der Waals surface area contributed by atoms with Crippen molar-refractivity contribution < 1.29 is 38.1 Å². The summed E-state index contributed by atoms with van der Waals surface area (Å²) in [5.74, 6) is -0.973. The van der Waals surface area contributed by atoms with Crippen molar-refractivity contribution in [2.24, 2.45) is 0 Å². The van der Waals surface area contributed by atoms with Gasteiger partial charge in [-0.15, -0.1) is 0 Å². The maximum absolute atomic E-state index is 14.8. The van der Waals surface area contributed by atoms with E-state index in [-0.39, 0.29) is 16.9 Å². The fraction of sp³-hybridized carbons (Fsp3) is 0.241. The average Bonchev–Trinajstić information content (AvgIpc) is 0.987. The quantitative estimate of drug-likeness (QED) is 0.0158. The van der Waals surface area contributed by atoms with Gasteiger partial charge in [-0.3, -0.25) is 4.79 Å². The van der Waals surface area contributed by atoms with Crippen molar-refractivity contribution >= 4 is 35.3 Å². The second-order valence-electron chi connectivity index (χ2n) is 23.7. The number of hydrogen-bond acceptors (Lipinski definition) is 11. The molecule has 0 atom stereocenters. The van der Waals surface area contributed by atoms with Gasteiger partial charge in [0.15, 0.2) is 5.78 Å². The van der Waals surface area contributed by atoms with Crippen LogP contribution in [0.3, 0.4) is 0 Å². The van der Waals surface area contributed by atoms with Crippen molar-refractivity contribution in [1.29, 1.82) is 0 Å². The maximum atomic E-state index is 14.8. The van der Waals surface area contributed by atoms with Crippen LogP contribution in [0.1, 0.15) is 121 Å². The van der Waals surface area contributed by atoms with Crippen molar-refractivity contribution in [2.75, 3.05) is 45.9 Å². The number of rotatable bonds is 21. The van der Waals surface area contributed by atoms with Crippen LogP contribution in [0.15, 0.2) is 237 Å². The Bertz CT molecular complexity index is 3960. The number of ketones is 1. The molecule has 3 aliphatic rings. The molecule has 0 spiro atoms. The smallest absolute Gasteiger partial charge is 0.339 e. The highest BCUT2D eigenvalue weighted by Gasteiger charge is 2.42. The van der Waals surface area contributed by atoms with Gasteiger partial charge in [0.2, 0.25) is 0 Å². The second kappa shape index (κ2) is 28.3. The Morgan fingerprint density at radius 3 is 1.47 bits per heavy atom. The molecule has 3 fully saturated rings. The molecule has 12 rings (SSSR count). The zero-order valence-corrected chi connectivity index (χ0v) is 50.7. The molecule has 9 aromatic carbocycles. The third kappa shape index (κ3) is 14.1. The van der Waals surface area contributed by atoms with Gasteiger partial charge in [0.1, 0.15) is 22.6 Å². The first kappa shape index (κ1) is 60.8. The molecule has 3 heterocycles. The summed E-state index contributed by atoms with van der Waals surface area (Å²) in [6.07, 6.45) is 8.39. The van der Waals surface area contributed by atoms with Crippen LogP contribution >= 0.6 is 0 Å². The van der Waals surface area contributed by atoms with Crippen LogP contribution in [0, 0.1) is 0 Å². The number of aryl methyl sites for hydroxylation is 1. The third-order valence-electron chi connectivity index (χ3n) is 17.9. The predicted molar refractivity (Wildman–Crippen MR) is 354 cm³/mol. The summed E-state index contributed by atoms with van der Waals surface area (Å²) in [4.78, 5) is 58.1. The maximum Gasteiger partial charge on any atom is 0.339 e. The first-order valence-corrected chi connectivity index (χ1v) is 31.6. The number of piperidine rings is 3. The summed E-state index contributed by atoms with van der Waals surface area (Å²) in [5, 5.41) is 10.3. The van der Waals surface area contributed by atoms with Crippen molar-refractivity contribution in [3.05, 3.63) is 292 Å². The summed E-state index contributed by atoms with van der Waals surface area (Å²) < 4.78 is 25.9. The van der Waals surface area contributed by atoms with Gasteiger partial charge < -0.3 is 34.9 Å². The van der Waals surface area contributed by atoms with E-state index in [1.165, 1.54) is 5.56 Å². The summed E-state index contributed by atoms with van der Waals surface area (Å²) in [7, 11) is 0. The first-order chi connectivity index (χ1) is 44.1. The Morgan fingerprint density at radius 1 is 0.389 bits per heavy atom. The van der Waals surface area contributed by atoms with Gasteiger partial charge >= 0.3 is 17.9 Å². The molecular weight excluding hydrogens is 1120 g/mol. The van der Waals surface area contributed by atoms with E-state index in [2.05, 4.69) is 52.3 Å². The van der Waals surface area contributed by atoms with Crippen LogP contribution < -0.4 is 20.7 Å². The fourth-order valence-electron chi connectivity index (χ4n) is 12.9. The second-order valence-corrected chi connectivity index (χ2v) is 23.7. The minimum Gasteiger partial charge on any atom is -0.494 e. The zero-order chi connectivity index (χ0) is 61.6. The molecule has 3 saturated heterocycles. The van der Waals surface area contributed by atoms with E-state index in [0.717, 1.165) is 76.9 Å². The molecule has 0 unspecified atom stereocenters. The highest BCUT2D eigenvalue weighted by molar-refractivity contribution is 6.22. The van der Waals surface area contributed by atoms with Crippen LogP contribution in [0.5, 0.6) is 5.75 Å². The molecule has 0 amide bonds. The lowest BCUT2D eigenvalue weighted by Crippen LogP contribution is -2.43.